The van der Waals surface area contributed by atoms with Gasteiger partial charge in [0.25, 0.3) is 0 Å². The molecule has 0 amide bonds. The Morgan fingerprint density at radius 1 is 1.26 bits per heavy atom. The van der Waals surface area contributed by atoms with Gasteiger partial charge in [0.2, 0.25) is 0 Å². The molecule has 0 saturated heterocycles. The van der Waals surface area contributed by atoms with Crippen molar-refractivity contribution in [3.05, 3.63) is 29.3 Å². The largest absolute Gasteiger partial charge is 0.491 e. The summed E-state index contributed by atoms with van der Waals surface area (Å²) in [6.45, 7) is 2.43. The third-order valence-corrected chi connectivity index (χ3v) is 2.41. The first kappa shape index (κ1) is 15.8. The van der Waals surface area contributed by atoms with Gasteiger partial charge in [0.1, 0.15) is 19.0 Å². The first-order valence-corrected chi connectivity index (χ1v) is 5.93. The highest BCUT2D eigenvalue weighted by molar-refractivity contribution is 5.38. The highest BCUT2D eigenvalue weighted by Gasteiger charge is 2.27. The van der Waals surface area contributed by atoms with Crippen LogP contribution in [0, 0.1) is 6.92 Å². The lowest BCUT2D eigenvalue weighted by Crippen LogP contribution is -2.19. The van der Waals surface area contributed by atoms with Crippen molar-refractivity contribution in [2.24, 2.45) is 5.73 Å². The summed E-state index contributed by atoms with van der Waals surface area (Å²) < 4.78 is 45.4. The van der Waals surface area contributed by atoms with Crippen LogP contribution in [0.2, 0.25) is 0 Å². The van der Waals surface area contributed by atoms with Crippen LogP contribution in [0.4, 0.5) is 13.2 Å². The van der Waals surface area contributed by atoms with Gasteiger partial charge in [0.05, 0.1) is 6.61 Å². The van der Waals surface area contributed by atoms with Crippen LogP contribution in [0.1, 0.15) is 24.1 Å². The summed E-state index contributed by atoms with van der Waals surface area (Å²) in [4.78, 5) is 0. The van der Waals surface area contributed by atoms with Crippen LogP contribution in [0.3, 0.4) is 0 Å². The molecule has 0 saturated carbocycles. The molecule has 0 heterocycles. The Balaban J connectivity index is 2.45. The molecule has 0 bridgehead atoms. The van der Waals surface area contributed by atoms with Crippen molar-refractivity contribution in [3.8, 4) is 5.75 Å². The van der Waals surface area contributed by atoms with E-state index >= 15 is 0 Å². The quantitative estimate of drug-likeness (QED) is 0.813. The molecule has 0 spiro atoms. The van der Waals surface area contributed by atoms with Gasteiger partial charge in [0, 0.05) is 11.6 Å². The van der Waals surface area contributed by atoms with Gasteiger partial charge in [-0.1, -0.05) is 17.7 Å². The summed E-state index contributed by atoms with van der Waals surface area (Å²) in [5.41, 5.74) is 7.69. The van der Waals surface area contributed by atoms with Gasteiger partial charge in [-0.05, 0) is 19.9 Å². The molecule has 0 aliphatic rings. The average Bonchev–Trinajstić information content (AvgIpc) is 2.28. The molecular weight excluding hydrogens is 259 g/mol. The Hall–Kier alpha value is -1.27. The molecule has 1 aromatic rings. The number of halogens is 3. The monoisotopic (exact) mass is 277 g/mol. The number of hydrogen-bond acceptors (Lipinski definition) is 3. The Labute approximate surface area is 110 Å². The summed E-state index contributed by atoms with van der Waals surface area (Å²) in [6, 6.07) is 5.32. The minimum atomic E-state index is -4.30. The third kappa shape index (κ3) is 5.94. The fraction of sp³-hybridized carbons (Fsp3) is 0.538. The second kappa shape index (κ2) is 6.77. The number of aryl methyl sites for hydroxylation is 1. The topological polar surface area (TPSA) is 44.5 Å². The predicted octanol–water partition coefficient (Wildman–Crippen LogP) is 2.97. The number of nitrogens with two attached hydrogens (primary N) is 1. The van der Waals surface area contributed by atoms with Crippen molar-refractivity contribution in [1.82, 2.24) is 0 Å². The molecule has 0 aromatic heterocycles. The zero-order valence-corrected chi connectivity index (χ0v) is 11.0. The number of rotatable bonds is 6. The predicted molar refractivity (Wildman–Crippen MR) is 66.2 cm³/mol. The Morgan fingerprint density at radius 3 is 2.53 bits per heavy atom. The van der Waals surface area contributed by atoms with E-state index in [0.717, 1.165) is 11.1 Å². The number of benzene rings is 1. The van der Waals surface area contributed by atoms with E-state index in [9.17, 15) is 13.2 Å². The van der Waals surface area contributed by atoms with Gasteiger partial charge in [-0.2, -0.15) is 13.2 Å². The molecule has 19 heavy (non-hydrogen) atoms. The molecule has 0 aliphatic carbocycles. The van der Waals surface area contributed by atoms with E-state index < -0.39 is 12.8 Å². The van der Waals surface area contributed by atoms with E-state index in [1.54, 1.807) is 6.07 Å². The average molecular weight is 277 g/mol. The lowest BCUT2D eigenvalue weighted by Gasteiger charge is -2.15. The van der Waals surface area contributed by atoms with E-state index in [-0.39, 0.29) is 19.3 Å². The Morgan fingerprint density at radius 2 is 1.95 bits per heavy atom. The van der Waals surface area contributed by atoms with Crippen LogP contribution in [0.5, 0.6) is 5.75 Å². The molecule has 1 aromatic carbocycles. The van der Waals surface area contributed by atoms with Crippen LogP contribution in [0.15, 0.2) is 18.2 Å². The van der Waals surface area contributed by atoms with Crippen LogP contribution >= 0.6 is 0 Å². The summed E-state index contributed by atoms with van der Waals surface area (Å²) in [5, 5.41) is 0. The second-order valence-corrected chi connectivity index (χ2v) is 4.35. The molecule has 1 rings (SSSR count). The summed E-state index contributed by atoms with van der Waals surface area (Å²) >= 11 is 0. The van der Waals surface area contributed by atoms with Crippen molar-refractivity contribution in [1.29, 1.82) is 0 Å². The van der Waals surface area contributed by atoms with Gasteiger partial charge in [-0.15, -0.1) is 0 Å². The molecule has 0 aliphatic heterocycles. The van der Waals surface area contributed by atoms with Gasteiger partial charge < -0.3 is 15.2 Å². The minimum absolute atomic E-state index is 0.0544. The third-order valence-electron chi connectivity index (χ3n) is 2.41. The van der Waals surface area contributed by atoms with E-state index in [1.165, 1.54) is 0 Å². The van der Waals surface area contributed by atoms with Crippen molar-refractivity contribution < 1.29 is 22.6 Å². The Bertz CT molecular complexity index is 405. The maximum Gasteiger partial charge on any atom is 0.411 e. The number of hydrogen-bond donors (Lipinski definition) is 1. The van der Waals surface area contributed by atoms with Gasteiger partial charge in [-0.3, -0.25) is 0 Å². The first-order valence-electron chi connectivity index (χ1n) is 5.93. The summed E-state index contributed by atoms with van der Waals surface area (Å²) in [6.07, 6.45) is -4.30. The molecule has 0 radical (unpaired) electrons. The van der Waals surface area contributed by atoms with Crippen LogP contribution in [-0.2, 0) is 4.74 Å². The van der Waals surface area contributed by atoms with E-state index in [2.05, 4.69) is 4.74 Å². The van der Waals surface area contributed by atoms with E-state index in [4.69, 9.17) is 10.5 Å². The number of ether oxygens (including phenoxy) is 2. The highest BCUT2D eigenvalue weighted by atomic mass is 19.4. The fourth-order valence-corrected chi connectivity index (χ4v) is 1.55. The molecule has 1 unspecified atom stereocenters. The zero-order valence-electron chi connectivity index (χ0n) is 11.0. The maximum atomic E-state index is 11.8. The van der Waals surface area contributed by atoms with Crippen LogP contribution < -0.4 is 10.5 Å². The van der Waals surface area contributed by atoms with Gasteiger partial charge in [0.15, 0.2) is 0 Å². The molecule has 0 fully saturated rings. The van der Waals surface area contributed by atoms with Crippen molar-refractivity contribution >= 4 is 0 Å². The smallest absolute Gasteiger partial charge is 0.411 e. The molecule has 108 valence electrons. The molecular formula is C13H18F3NO2. The second-order valence-electron chi connectivity index (χ2n) is 4.35. The van der Waals surface area contributed by atoms with Crippen molar-refractivity contribution in [3.63, 3.8) is 0 Å². The standard InChI is InChI=1S/C13H18F3NO2/c1-9-3-4-12(11(7-9)10(2)17)19-6-5-18-8-13(14,15)16/h3-4,7,10H,5-6,8,17H2,1-2H3. The lowest BCUT2D eigenvalue weighted by molar-refractivity contribution is -0.175. The molecule has 6 heteroatoms. The highest BCUT2D eigenvalue weighted by Crippen LogP contribution is 2.25. The van der Waals surface area contributed by atoms with E-state index in [0.29, 0.717) is 5.75 Å². The zero-order chi connectivity index (χ0) is 14.5. The SMILES string of the molecule is Cc1ccc(OCCOCC(F)(F)F)c(C(C)N)c1. The molecule has 1 atom stereocenters. The van der Waals surface area contributed by atoms with Gasteiger partial charge >= 0.3 is 6.18 Å². The maximum absolute atomic E-state index is 11.8. The van der Waals surface area contributed by atoms with Gasteiger partial charge in [-0.25, -0.2) is 0 Å². The summed E-state index contributed by atoms with van der Waals surface area (Å²) in [5.74, 6) is 0.580. The number of alkyl halides is 3. The van der Waals surface area contributed by atoms with E-state index in [1.807, 2.05) is 26.0 Å². The summed E-state index contributed by atoms with van der Waals surface area (Å²) in [7, 11) is 0. The van der Waals surface area contributed by atoms with Crippen LogP contribution in [-0.4, -0.2) is 26.0 Å². The van der Waals surface area contributed by atoms with Crippen molar-refractivity contribution in [2.75, 3.05) is 19.8 Å². The fourth-order valence-electron chi connectivity index (χ4n) is 1.55. The normalized spacial score (nSPS) is 13.4. The Kier molecular flexibility index (Phi) is 5.62. The van der Waals surface area contributed by atoms with Crippen LogP contribution in [0.25, 0.3) is 0 Å². The molecule has 3 nitrogen and oxygen atoms in total. The van der Waals surface area contributed by atoms with Crippen molar-refractivity contribution in [2.45, 2.75) is 26.1 Å². The lowest BCUT2D eigenvalue weighted by atomic mass is 10.1. The molecule has 2 N–H and O–H groups in total. The first-order chi connectivity index (χ1) is 8.79. The minimum Gasteiger partial charge on any atom is -0.491 e.